The number of benzene rings is 3. The van der Waals surface area contributed by atoms with Crippen LogP contribution >= 0.6 is 23.2 Å². The van der Waals surface area contributed by atoms with Gasteiger partial charge in [-0.2, -0.15) is 13.2 Å². The van der Waals surface area contributed by atoms with Gasteiger partial charge in [0, 0.05) is 19.0 Å². The molecule has 0 radical (unpaired) electrons. The summed E-state index contributed by atoms with van der Waals surface area (Å²) in [5.41, 5.74) is 0.137. The number of halogens is 6. The molecule has 0 aromatic heterocycles. The summed E-state index contributed by atoms with van der Waals surface area (Å²) in [4.78, 5) is 7.18. The Bertz CT molecular complexity index is 1330. The van der Waals surface area contributed by atoms with Gasteiger partial charge in [-0.1, -0.05) is 64.8 Å². The minimum Gasteiger partial charge on any atom is -0.399 e. The van der Waals surface area contributed by atoms with Crippen molar-refractivity contribution < 1.29 is 32.2 Å². The van der Waals surface area contributed by atoms with Gasteiger partial charge in [0.25, 0.3) is 0 Å². The van der Waals surface area contributed by atoms with Gasteiger partial charge in [0.1, 0.15) is 18.5 Å². The first kappa shape index (κ1) is 30.3. The van der Waals surface area contributed by atoms with Gasteiger partial charge in [-0.05, 0) is 60.0 Å². The minimum absolute atomic E-state index is 0.0379. The number of likely N-dealkylation sites (tertiary alicyclic amines) is 1. The van der Waals surface area contributed by atoms with E-state index in [9.17, 15) is 22.7 Å². The Morgan fingerprint density at radius 1 is 1.05 bits per heavy atom. The number of β-amino-alcohol motifs (C(OH)–C–C–N with tert-alkyl or cyclic N) is 1. The van der Waals surface area contributed by atoms with Gasteiger partial charge in [-0.3, -0.25) is 4.90 Å². The van der Waals surface area contributed by atoms with Crippen molar-refractivity contribution in [3.8, 4) is 0 Å². The zero-order valence-corrected chi connectivity index (χ0v) is 23.1. The van der Waals surface area contributed by atoms with E-state index in [1.807, 2.05) is 36.4 Å². The fourth-order valence-corrected chi connectivity index (χ4v) is 5.13. The normalized spacial score (nSPS) is 16.4. The second-order valence-corrected chi connectivity index (χ2v) is 10.5. The Kier molecular flexibility index (Phi) is 9.74. The lowest BCUT2D eigenvalue weighted by atomic mass is 9.85. The third-order valence-electron chi connectivity index (χ3n) is 6.78. The molecule has 1 atom stereocenters. The van der Waals surface area contributed by atoms with Gasteiger partial charge in [0.2, 0.25) is 0 Å². The van der Waals surface area contributed by atoms with Gasteiger partial charge >= 0.3 is 6.18 Å². The molecular weight excluding hydrogens is 571 g/mol. The number of nitrogens with zero attached hydrogens (tertiary/aromatic N) is 2. The van der Waals surface area contributed by atoms with Crippen LogP contribution in [0.5, 0.6) is 0 Å². The highest BCUT2D eigenvalue weighted by atomic mass is 35.5. The number of alkyl halides is 3. The molecule has 214 valence electrons. The summed E-state index contributed by atoms with van der Waals surface area (Å²) in [7, 11) is 1.38. The molecule has 0 spiro atoms. The van der Waals surface area contributed by atoms with Crippen molar-refractivity contribution in [3.63, 3.8) is 0 Å². The zero-order valence-electron chi connectivity index (χ0n) is 21.6. The van der Waals surface area contributed by atoms with Gasteiger partial charge < -0.3 is 14.7 Å². The second-order valence-electron chi connectivity index (χ2n) is 9.73. The molecule has 1 unspecified atom stereocenters. The van der Waals surface area contributed by atoms with E-state index in [1.165, 1.54) is 7.11 Å². The Balaban J connectivity index is 1.47. The fourth-order valence-electron chi connectivity index (χ4n) is 4.83. The van der Waals surface area contributed by atoms with Gasteiger partial charge in [-0.25, -0.2) is 4.39 Å². The molecule has 0 bridgehead atoms. The molecule has 3 aromatic rings. The number of aliphatic hydroxyl groups is 1. The quantitative estimate of drug-likeness (QED) is 0.146. The Hall–Kier alpha value is -2.69. The third kappa shape index (κ3) is 7.53. The molecule has 1 N–H and O–H groups in total. The molecule has 1 aliphatic heterocycles. The first-order chi connectivity index (χ1) is 19.0. The number of ether oxygens (including phenoxy) is 1. The van der Waals surface area contributed by atoms with Crippen LogP contribution in [-0.2, 0) is 28.0 Å². The van der Waals surface area contributed by atoms with Crippen molar-refractivity contribution in [2.45, 2.75) is 30.7 Å². The highest BCUT2D eigenvalue weighted by Gasteiger charge is 2.42. The number of rotatable bonds is 11. The van der Waals surface area contributed by atoms with Crippen molar-refractivity contribution in [3.05, 3.63) is 105 Å². The molecule has 1 saturated heterocycles. The van der Waals surface area contributed by atoms with E-state index in [0.717, 1.165) is 23.3 Å². The van der Waals surface area contributed by atoms with E-state index in [1.54, 1.807) is 12.1 Å². The van der Waals surface area contributed by atoms with Crippen LogP contribution < -0.4 is 0 Å². The molecule has 40 heavy (non-hydrogen) atoms. The number of oxime groups is 1. The molecule has 5 nitrogen and oxygen atoms in total. The molecule has 0 aliphatic carbocycles. The average Bonchev–Trinajstić information content (AvgIpc) is 2.89. The minimum atomic E-state index is -4.68. The Labute approximate surface area is 239 Å². The smallest absolute Gasteiger partial charge is 0.399 e. The molecule has 1 heterocycles. The van der Waals surface area contributed by atoms with Gasteiger partial charge in [0.15, 0.2) is 0 Å². The lowest BCUT2D eigenvalue weighted by molar-refractivity contribution is -0.137. The molecule has 4 rings (SSSR count). The molecule has 3 aromatic carbocycles. The van der Waals surface area contributed by atoms with Crippen LogP contribution in [0.4, 0.5) is 17.6 Å². The highest BCUT2D eigenvalue weighted by molar-refractivity contribution is 6.42. The van der Waals surface area contributed by atoms with Gasteiger partial charge in [0.05, 0.1) is 34.5 Å². The lowest BCUT2D eigenvalue weighted by Crippen LogP contribution is -2.59. The summed E-state index contributed by atoms with van der Waals surface area (Å²) in [5, 5.41) is 15.9. The van der Waals surface area contributed by atoms with Crippen molar-refractivity contribution in [2.24, 2.45) is 5.16 Å². The zero-order chi connectivity index (χ0) is 28.9. The molecule has 1 fully saturated rings. The number of hydrogen-bond donors (Lipinski definition) is 1. The summed E-state index contributed by atoms with van der Waals surface area (Å²) in [6.07, 6.45) is -4.13. The average molecular weight is 599 g/mol. The fraction of sp³-hybridized carbons (Fsp3) is 0.345. The molecule has 0 saturated carbocycles. The van der Waals surface area contributed by atoms with E-state index < -0.39 is 23.2 Å². The lowest BCUT2D eigenvalue weighted by Gasteiger charge is -2.47. The van der Waals surface area contributed by atoms with Crippen LogP contribution in [0.15, 0.2) is 71.9 Å². The predicted molar refractivity (Wildman–Crippen MR) is 146 cm³/mol. The van der Waals surface area contributed by atoms with Crippen LogP contribution in [-0.4, -0.2) is 49.1 Å². The van der Waals surface area contributed by atoms with E-state index in [-0.39, 0.29) is 24.7 Å². The van der Waals surface area contributed by atoms with E-state index >= 15 is 0 Å². The Morgan fingerprint density at radius 3 is 2.42 bits per heavy atom. The van der Waals surface area contributed by atoms with Crippen LogP contribution in [0.2, 0.25) is 10.0 Å². The standard InChI is InChI=1S/C29H28Cl2F4N2O3/c1-39-36-27(16-40-15-19-11-22(29(33,34)35)14-23(32)12-19)24(20-7-8-25(30)26(31)13-20)9-10-37-17-28(38,18-37)21-5-3-2-4-6-21/h2-8,11-14,24,38H,9-10,15-18H2,1H3/b36-27+. The first-order valence-corrected chi connectivity index (χ1v) is 13.2. The topological polar surface area (TPSA) is 54.3 Å². The molecule has 0 amide bonds. The summed E-state index contributed by atoms with van der Waals surface area (Å²) in [6, 6.07) is 16.9. The van der Waals surface area contributed by atoms with Crippen molar-refractivity contribution in [1.82, 2.24) is 4.90 Å². The van der Waals surface area contributed by atoms with Crippen molar-refractivity contribution >= 4 is 28.9 Å². The molecule has 11 heteroatoms. The summed E-state index contributed by atoms with van der Waals surface area (Å²) < 4.78 is 58.8. The predicted octanol–water partition coefficient (Wildman–Crippen LogP) is 7.05. The summed E-state index contributed by atoms with van der Waals surface area (Å²) in [6.45, 7) is 1.15. The highest BCUT2D eigenvalue weighted by Crippen LogP contribution is 2.35. The Morgan fingerprint density at radius 2 is 1.77 bits per heavy atom. The summed E-state index contributed by atoms with van der Waals surface area (Å²) >= 11 is 12.4. The van der Waals surface area contributed by atoms with Gasteiger partial charge in [-0.15, -0.1) is 0 Å². The van der Waals surface area contributed by atoms with Crippen molar-refractivity contribution in [2.75, 3.05) is 33.4 Å². The van der Waals surface area contributed by atoms with E-state index in [0.29, 0.717) is 47.9 Å². The van der Waals surface area contributed by atoms with Crippen LogP contribution in [0.25, 0.3) is 0 Å². The van der Waals surface area contributed by atoms with Crippen LogP contribution in [0.3, 0.4) is 0 Å². The maximum absolute atomic E-state index is 13.8. The largest absolute Gasteiger partial charge is 0.416 e. The number of hydrogen-bond acceptors (Lipinski definition) is 5. The van der Waals surface area contributed by atoms with Crippen LogP contribution in [0.1, 0.15) is 34.6 Å². The van der Waals surface area contributed by atoms with Crippen LogP contribution in [0, 0.1) is 5.82 Å². The molecule has 1 aliphatic rings. The van der Waals surface area contributed by atoms with Crippen molar-refractivity contribution in [1.29, 1.82) is 0 Å². The first-order valence-electron chi connectivity index (χ1n) is 12.5. The SMILES string of the molecule is CO/N=C(\COCc1cc(F)cc(C(F)(F)F)c1)C(CCN1CC(O)(c2ccccc2)C1)c1ccc(Cl)c(Cl)c1. The monoisotopic (exact) mass is 598 g/mol. The maximum atomic E-state index is 13.8. The third-order valence-corrected chi connectivity index (χ3v) is 7.51. The summed E-state index contributed by atoms with van der Waals surface area (Å²) in [5.74, 6) is -1.35. The molecular formula is C29H28Cl2F4N2O3. The van der Waals surface area contributed by atoms with E-state index in [2.05, 4.69) is 10.1 Å². The van der Waals surface area contributed by atoms with E-state index in [4.69, 9.17) is 32.8 Å². The second kappa shape index (κ2) is 12.9. The maximum Gasteiger partial charge on any atom is 0.416 e.